The van der Waals surface area contributed by atoms with Gasteiger partial charge < -0.3 is 4.98 Å². The van der Waals surface area contributed by atoms with Crippen molar-refractivity contribution >= 4 is 21.8 Å². The van der Waals surface area contributed by atoms with Crippen LogP contribution in [0.25, 0.3) is 32.9 Å². The molecule has 0 atom stereocenters. The number of nitrogens with zero attached hydrogens (tertiary/aromatic N) is 2. The maximum atomic E-state index is 4.46. The molecular weight excluding hydrogens is 258 g/mol. The van der Waals surface area contributed by atoms with Crippen molar-refractivity contribution in [1.29, 1.82) is 0 Å². The standard InChI is InChI=1S/C18H15N3/c1-11-7-14(9-20-12(11)2)13-3-4-15-16-10-19-6-5-17(16)21-18(15)8-13/h3-10,21H,1-2H3. The van der Waals surface area contributed by atoms with Crippen LogP contribution in [-0.2, 0) is 0 Å². The van der Waals surface area contributed by atoms with Gasteiger partial charge in [-0.15, -0.1) is 0 Å². The Bertz CT molecular complexity index is 967. The number of benzene rings is 1. The summed E-state index contributed by atoms with van der Waals surface area (Å²) in [5.74, 6) is 0. The number of fused-ring (bicyclic) bond motifs is 3. The maximum absolute atomic E-state index is 4.46. The molecule has 0 aliphatic rings. The fourth-order valence-electron chi connectivity index (χ4n) is 2.73. The minimum Gasteiger partial charge on any atom is -0.354 e. The molecule has 4 aromatic rings. The first-order chi connectivity index (χ1) is 10.2. The zero-order valence-corrected chi connectivity index (χ0v) is 12.0. The normalized spacial score (nSPS) is 11.3. The van der Waals surface area contributed by atoms with Gasteiger partial charge in [-0.05, 0) is 43.2 Å². The summed E-state index contributed by atoms with van der Waals surface area (Å²) in [4.78, 5) is 12.1. The van der Waals surface area contributed by atoms with Crippen molar-refractivity contribution in [1.82, 2.24) is 15.0 Å². The van der Waals surface area contributed by atoms with Gasteiger partial charge in [0.05, 0.1) is 0 Å². The Kier molecular flexibility index (Phi) is 2.54. The molecule has 0 amide bonds. The molecule has 3 nitrogen and oxygen atoms in total. The van der Waals surface area contributed by atoms with Crippen LogP contribution in [0.15, 0.2) is 48.9 Å². The molecule has 1 aromatic carbocycles. The predicted octanol–water partition coefficient (Wildman–Crippen LogP) is 4.39. The van der Waals surface area contributed by atoms with Crippen LogP contribution in [0.1, 0.15) is 11.3 Å². The SMILES string of the molecule is Cc1cc(-c2ccc3c(c2)[nH]c2ccncc23)cnc1C. The lowest BCUT2D eigenvalue weighted by Crippen LogP contribution is -1.88. The third-order valence-electron chi connectivity index (χ3n) is 4.07. The summed E-state index contributed by atoms with van der Waals surface area (Å²) in [5.41, 5.74) is 6.88. The number of nitrogens with one attached hydrogen (secondary N) is 1. The Balaban J connectivity index is 1.94. The number of aromatic amines is 1. The van der Waals surface area contributed by atoms with E-state index < -0.39 is 0 Å². The van der Waals surface area contributed by atoms with Crippen LogP contribution >= 0.6 is 0 Å². The smallest absolute Gasteiger partial charge is 0.0495 e. The molecule has 0 radical (unpaired) electrons. The van der Waals surface area contributed by atoms with Crippen LogP contribution in [-0.4, -0.2) is 15.0 Å². The first kappa shape index (κ1) is 12.1. The highest BCUT2D eigenvalue weighted by molar-refractivity contribution is 6.07. The van der Waals surface area contributed by atoms with Crippen molar-refractivity contribution in [2.45, 2.75) is 13.8 Å². The highest BCUT2D eigenvalue weighted by Crippen LogP contribution is 2.29. The minimum absolute atomic E-state index is 1.08. The first-order valence-corrected chi connectivity index (χ1v) is 7.01. The van der Waals surface area contributed by atoms with Crippen molar-refractivity contribution < 1.29 is 0 Å². The minimum atomic E-state index is 1.08. The van der Waals surface area contributed by atoms with E-state index in [9.17, 15) is 0 Å². The molecule has 0 unspecified atom stereocenters. The van der Waals surface area contributed by atoms with E-state index in [4.69, 9.17) is 0 Å². The van der Waals surface area contributed by atoms with Gasteiger partial charge in [0.25, 0.3) is 0 Å². The molecule has 0 fully saturated rings. The van der Waals surface area contributed by atoms with E-state index in [1.165, 1.54) is 16.5 Å². The van der Waals surface area contributed by atoms with Crippen LogP contribution < -0.4 is 0 Å². The molecule has 21 heavy (non-hydrogen) atoms. The maximum Gasteiger partial charge on any atom is 0.0495 e. The third-order valence-corrected chi connectivity index (χ3v) is 4.07. The van der Waals surface area contributed by atoms with Crippen LogP contribution in [0.2, 0.25) is 0 Å². The van der Waals surface area contributed by atoms with Gasteiger partial charge in [0.2, 0.25) is 0 Å². The summed E-state index contributed by atoms with van der Waals surface area (Å²) in [6.07, 6.45) is 5.66. The largest absolute Gasteiger partial charge is 0.354 e. The topological polar surface area (TPSA) is 41.6 Å². The Morgan fingerprint density at radius 2 is 1.76 bits per heavy atom. The van der Waals surface area contributed by atoms with Gasteiger partial charge in [0, 0.05) is 51.7 Å². The number of hydrogen-bond donors (Lipinski definition) is 1. The van der Waals surface area contributed by atoms with E-state index in [2.05, 4.69) is 46.1 Å². The lowest BCUT2D eigenvalue weighted by atomic mass is 10.0. The number of pyridine rings is 2. The first-order valence-electron chi connectivity index (χ1n) is 7.01. The predicted molar refractivity (Wildman–Crippen MR) is 86.3 cm³/mol. The summed E-state index contributed by atoms with van der Waals surface area (Å²) in [6, 6.07) is 10.7. The van der Waals surface area contributed by atoms with Crippen molar-refractivity contribution in [3.63, 3.8) is 0 Å². The quantitative estimate of drug-likeness (QED) is 0.558. The number of aryl methyl sites for hydroxylation is 2. The second kappa shape index (κ2) is 4.42. The van der Waals surface area contributed by atoms with Gasteiger partial charge in [-0.1, -0.05) is 12.1 Å². The van der Waals surface area contributed by atoms with Crippen LogP contribution in [0.4, 0.5) is 0 Å². The lowest BCUT2D eigenvalue weighted by Gasteiger charge is -2.05. The third kappa shape index (κ3) is 1.89. The highest BCUT2D eigenvalue weighted by Gasteiger charge is 2.07. The summed E-state index contributed by atoms with van der Waals surface area (Å²) in [7, 11) is 0. The second-order valence-corrected chi connectivity index (χ2v) is 5.43. The fourth-order valence-corrected chi connectivity index (χ4v) is 2.73. The Morgan fingerprint density at radius 3 is 2.62 bits per heavy atom. The van der Waals surface area contributed by atoms with E-state index in [1.807, 2.05) is 31.6 Å². The summed E-state index contributed by atoms with van der Waals surface area (Å²) in [6.45, 7) is 4.13. The average molecular weight is 273 g/mol. The number of hydrogen-bond acceptors (Lipinski definition) is 2. The summed E-state index contributed by atoms with van der Waals surface area (Å²) in [5, 5.41) is 2.37. The Labute approximate surface area is 122 Å². The monoisotopic (exact) mass is 273 g/mol. The molecule has 0 saturated carbocycles. The molecule has 3 heterocycles. The van der Waals surface area contributed by atoms with Crippen molar-refractivity contribution in [2.75, 3.05) is 0 Å². The van der Waals surface area contributed by atoms with Crippen molar-refractivity contribution in [2.24, 2.45) is 0 Å². The molecule has 0 bridgehead atoms. The number of H-pyrrole nitrogens is 1. The van der Waals surface area contributed by atoms with Gasteiger partial charge in [0.1, 0.15) is 0 Å². The second-order valence-electron chi connectivity index (χ2n) is 5.43. The molecule has 0 aliphatic heterocycles. The van der Waals surface area contributed by atoms with Gasteiger partial charge in [-0.3, -0.25) is 9.97 Å². The zero-order valence-electron chi connectivity index (χ0n) is 12.0. The van der Waals surface area contributed by atoms with E-state index in [1.54, 1.807) is 0 Å². The molecule has 0 aliphatic carbocycles. The Hall–Kier alpha value is -2.68. The highest BCUT2D eigenvalue weighted by atomic mass is 14.7. The molecule has 3 heteroatoms. The Morgan fingerprint density at radius 1 is 0.857 bits per heavy atom. The molecule has 102 valence electrons. The van der Waals surface area contributed by atoms with Crippen molar-refractivity contribution in [3.05, 3.63) is 60.2 Å². The van der Waals surface area contributed by atoms with Crippen LogP contribution in [0.5, 0.6) is 0 Å². The number of aromatic nitrogens is 3. The van der Waals surface area contributed by atoms with E-state index >= 15 is 0 Å². The molecule has 0 spiro atoms. The molecular formula is C18H15N3. The van der Waals surface area contributed by atoms with Gasteiger partial charge in [-0.2, -0.15) is 0 Å². The molecule has 3 aromatic heterocycles. The fraction of sp³-hybridized carbons (Fsp3) is 0.111. The van der Waals surface area contributed by atoms with Crippen LogP contribution in [0, 0.1) is 13.8 Å². The molecule has 1 N–H and O–H groups in total. The zero-order chi connectivity index (χ0) is 14.4. The van der Waals surface area contributed by atoms with Gasteiger partial charge in [-0.25, -0.2) is 0 Å². The summed E-state index contributed by atoms with van der Waals surface area (Å²) >= 11 is 0. The average Bonchev–Trinajstić information content (AvgIpc) is 2.87. The van der Waals surface area contributed by atoms with E-state index in [0.717, 1.165) is 27.7 Å². The van der Waals surface area contributed by atoms with Crippen molar-refractivity contribution in [3.8, 4) is 11.1 Å². The summed E-state index contributed by atoms with van der Waals surface area (Å²) < 4.78 is 0. The van der Waals surface area contributed by atoms with E-state index in [0.29, 0.717) is 0 Å². The van der Waals surface area contributed by atoms with E-state index in [-0.39, 0.29) is 0 Å². The lowest BCUT2D eigenvalue weighted by molar-refractivity contribution is 1.15. The molecule has 4 rings (SSSR count). The van der Waals surface area contributed by atoms with Crippen LogP contribution in [0.3, 0.4) is 0 Å². The van der Waals surface area contributed by atoms with Gasteiger partial charge >= 0.3 is 0 Å². The molecule has 0 saturated heterocycles. The van der Waals surface area contributed by atoms with Gasteiger partial charge in [0.15, 0.2) is 0 Å². The number of rotatable bonds is 1.